The second-order valence-corrected chi connectivity index (χ2v) is 11.3. The van der Waals surface area contributed by atoms with Crippen molar-refractivity contribution in [2.75, 3.05) is 51.3 Å². The number of nitrogens with zero attached hydrogens (tertiary/aromatic N) is 7. The summed E-state index contributed by atoms with van der Waals surface area (Å²) in [6.45, 7) is 4.98. The monoisotopic (exact) mass is 640 g/mol. The van der Waals surface area contributed by atoms with Crippen molar-refractivity contribution in [3.8, 4) is 11.5 Å². The van der Waals surface area contributed by atoms with Crippen LogP contribution in [0.1, 0.15) is 24.2 Å². The van der Waals surface area contributed by atoms with Crippen LogP contribution < -0.4 is 19.7 Å². The molecule has 1 amide bonds. The molecular weight excluding hydrogens is 604 g/mol. The summed E-state index contributed by atoms with van der Waals surface area (Å²) in [5, 5.41) is 34.4. The summed E-state index contributed by atoms with van der Waals surface area (Å²) in [5.41, 5.74) is 2.28. The maximum atomic E-state index is 12.6. The number of ether oxygens (including phenoxy) is 2. The maximum absolute atomic E-state index is 12.6. The van der Waals surface area contributed by atoms with Gasteiger partial charge in [0.2, 0.25) is 5.91 Å². The highest BCUT2D eigenvalue weighted by Crippen LogP contribution is 2.35. The molecule has 2 aliphatic heterocycles. The Labute approximate surface area is 264 Å². The van der Waals surface area contributed by atoms with Crippen molar-refractivity contribution in [1.82, 2.24) is 35.1 Å². The third kappa shape index (κ3) is 7.46. The number of aliphatic hydroxyl groups excluding tert-OH is 2. The topological polar surface area (TPSA) is 187 Å². The number of methoxy groups -OCH3 is 1. The largest absolute Gasteiger partial charge is 0.493 e. The Morgan fingerprint density at radius 3 is 2.62 bits per heavy atom. The van der Waals surface area contributed by atoms with E-state index in [9.17, 15) is 24.9 Å². The third-order valence-corrected chi connectivity index (χ3v) is 8.18. The first-order valence-electron chi connectivity index (χ1n) is 14.5. The second kappa shape index (κ2) is 14.1. The number of aryl methyl sites for hydroxylation is 1. The van der Waals surface area contributed by atoms with Crippen molar-refractivity contribution in [2.45, 2.75) is 44.6 Å². The number of aliphatic hydroxyl groups is 2. The van der Waals surface area contributed by atoms with Crippen LogP contribution in [0, 0.1) is 6.92 Å². The lowest BCUT2D eigenvalue weighted by atomic mass is 10.1. The number of carboxylic acids is 1. The number of fused-ring (bicyclic) bond motifs is 1. The van der Waals surface area contributed by atoms with Crippen molar-refractivity contribution in [2.24, 2.45) is 0 Å². The Bertz CT molecular complexity index is 1550. The van der Waals surface area contributed by atoms with E-state index in [1.807, 2.05) is 6.92 Å². The molecule has 45 heavy (non-hydrogen) atoms. The van der Waals surface area contributed by atoms with Crippen LogP contribution >= 0.6 is 12.2 Å². The zero-order chi connectivity index (χ0) is 32.1. The number of carbonyl (C=O) groups is 2. The van der Waals surface area contributed by atoms with E-state index in [2.05, 4.69) is 35.1 Å². The number of anilines is 1. The predicted molar refractivity (Wildman–Crippen MR) is 166 cm³/mol. The number of carbonyl (C=O) groups excluding carboxylic acids is 1. The molecule has 5 rings (SSSR count). The highest BCUT2D eigenvalue weighted by atomic mass is 32.1. The molecule has 240 valence electrons. The number of nitrogens with one attached hydrogen (secondary N) is 1. The molecule has 3 unspecified atom stereocenters. The smallest absolute Gasteiger partial charge is 0.329 e. The Hall–Kier alpha value is -4.41. The number of carboxylic acid groups (broad SMARTS) is 1. The van der Waals surface area contributed by atoms with Crippen LogP contribution in [0.2, 0.25) is 0 Å². The summed E-state index contributed by atoms with van der Waals surface area (Å²) in [6.07, 6.45) is 2.35. The zero-order valence-electron chi connectivity index (χ0n) is 25.0. The van der Waals surface area contributed by atoms with Crippen LogP contribution in [0.15, 0.2) is 30.9 Å². The Kier molecular flexibility index (Phi) is 10.0. The van der Waals surface area contributed by atoms with Crippen LogP contribution in [-0.4, -0.2) is 127 Å². The fraction of sp³-hybridized carbons (Fsp3) is 0.483. The first-order chi connectivity index (χ1) is 21.6. The number of hydrogen-bond acceptors (Lipinski definition) is 12. The van der Waals surface area contributed by atoms with E-state index in [0.717, 1.165) is 27.5 Å². The highest BCUT2D eigenvalue weighted by Gasteiger charge is 2.41. The highest BCUT2D eigenvalue weighted by molar-refractivity contribution is 7.80. The zero-order valence-corrected chi connectivity index (χ0v) is 25.8. The van der Waals surface area contributed by atoms with Gasteiger partial charge in [0.15, 0.2) is 22.7 Å². The van der Waals surface area contributed by atoms with E-state index in [4.69, 9.17) is 21.7 Å². The fourth-order valence-corrected chi connectivity index (χ4v) is 5.75. The Morgan fingerprint density at radius 2 is 1.91 bits per heavy atom. The minimum absolute atomic E-state index is 0.104. The van der Waals surface area contributed by atoms with Crippen molar-refractivity contribution in [1.29, 1.82) is 0 Å². The number of rotatable bonds is 10. The number of hydrogen-bond donors (Lipinski definition) is 4. The van der Waals surface area contributed by atoms with Crippen LogP contribution in [-0.2, 0) is 16.1 Å². The summed E-state index contributed by atoms with van der Waals surface area (Å²) in [5.74, 6) is -0.400. The average Bonchev–Trinajstić information content (AvgIpc) is 3.43. The van der Waals surface area contributed by atoms with Gasteiger partial charge in [-0.15, -0.1) is 0 Å². The SMILES string of the molecule is COc1cc2c(N3CCN(C(=S)NCc4cncc(C)n4)CC3)ncnc2cc1OCC(O)CC(=O)N1CCC(O)C1C(=O)O. The molecular formula is C29H36N8O7S. The number of piperazine rings is 1. The van der Waals surface area contributed by atoms with Crippen LogP contribution in [0.3, 0.4) is 0 Å². The first-order valence-corrected chi connectivity index (χ1v) is 14.9. The summed E-state index contributed by atoms with van der Waals surface area (Å²) in [4.78, 5) is 47.0. The number of aromatic nitrogens is 4. The molecule has 3 atom stereocenters. The van der Waals surface area contributed by atoms with Crippen LogP contribution in [0.4, 0.5) is 5.82 Å². The molecule has 2 saturated heterocycles. The van der Waals surface area contributed by atoms with E-state index in [1.54, 1.807) is 24.5 Å². The van der Waals surface area contributed by atoms with Gasteiger partial charge in [-0.25, -0.2) is 14.8 Å². The van der Waals surface area contributed by atoms with Gasteiger partial charge >= 0.3 is 5.97 Å². The van der Waals surface area contributed by atoms with Gasteiger partial charge in [-0.1, -0.05) is 0 Å². The molecule has 2 fully saturated rings. The molecule has 2 aliphatic rings. The molecule has 16 heteroatoms. The number of amides is 1. The molecule has 0 spiro atoms. The van der Waals surface area contributed by atoms with Crippen molar-refractivity contribution >= 4 is 45.9 Å². The number of benzene rings is 1. The van der Waals surface area contributed by atoms with E-state index in [0.29, 0.717) is 54.9 Å². The predicted octanol–water partition coefficient (Wildman–Crippen LogP) is 0.110. The van der Waals surface area contributed by atoms with Crippen LogP contribution in [0.25, 0.3) is 10.9 Å². The molecule has 15 nitrogen and oxygen atoms in total. The van der Waals surface area contributed by atoms with Gasteiger partial charge in [0.25, 0.3) is 0 Å². The van der Waals surface area contributed by atoms with E-state index < -0.39 is 30.1 Å². The standard InChI is InChI=1S/C29H36N8O7S/c1-17-12-30-13-18(34-17)14-31-29(45)36-7-5-35(6-8-36)27-20-10-23(43-2)24(11-21(20)32-16-33-27)44-15-19(38)9-25(40)37-4-3-22(39)26(37)28(41)42/h10-13,16,19,22,26,38-39H,3-9,14-15H2,1-2H3,(H,31,45)(H,41,42). The Morgan fingerprint density at radius 1 is 1.13 bits per heavy atom. The van der Waals surface area contributed by atoms with Gasteiger partial charge in [-0.3, -0.25) is 14.8 Å². The van der Waals surface area contributed by atoms with Gasteiger partial charge in [-0.2, -0.15) is 0 Å². The minimum atomic E-state index is -1.32. The van der Waals surface area contributed by atoms with Gasteiger partial charge in [-0.05, 0) is 31.6 Å². The summed E-state index contributed by atoms with van der Waals surface area (Å²) < 4.78 is 11.4. The van der Waals surface area contributed by atoms with E-state index in [-0.39, 0.29) is 26.0 Å². The molecule has 0 radical (unpaired) electrons. The maximum Gasteiger partial charge on any atom is 0.329 e. The quantitative estimate of drug-likeness (QED) is 0.219. The van der Waals surface area contributed by atoms with Crippen molar-refractivity contribution < 1.29 is 34.4 Å². The third-order valence-electron chi connectivity index (χ3n) is 7.77. The lowest BCUT2D eigenvalue weighted by molar-refractivity contribution is -0.152. The molecule has 2 aromatic heterocycles. The van der Waals surface area contributed by atoms with Gasteiger partial charge in [0.1, 0.15) is 18.8 Å². The fourth-order valence-electron chi connectivity index (χ4n) is 5.49. The van der Waals surface area contributed by atoms with E-state index >= 15 is 0 Å². The molecule has 4 heterocycles. The average molecular weight is 641 g/mol. The van der Waals surface area contributed by atoms with Gasteiger partial charge in [0.05, 0.1) is 55.4 Å². The number of thiocarbonyl (C=S) groups is 1. The van der Waals surface area contributed by atoms with Gasteiger partial charge in [0, 0.05) is 50.4 Å². The molecule has 3 aromatic rings. The molecule has 1 aromatic carbocycles. The molecule has 0 aliphatic carbocycles. The normalized spacial score (nSPS) is 19.0. The molecule has 4 N–H and O–H groups in total. The van der Waals surface area contributed by atoms with Crippen LogP contribution in [0.5, 0.6) is 11.5 Å². The lowest BCUT2D eigenvalue weighted by Gasteiger charge is -2.37. The first kappa shape index (κ1) is 32.0. The molecule has 0 saturated carbocycles. The summed E-state index contributed by atoms with van der Waals surface area (Å²) in [7, 11) is 1.50. The minimum Gasteiger partial charge on any atom is -0.493 e. The lowest BCUT2D eigenvalue weighted by Crippen LogP contribution is -2.51. The van der Waals surface area contributed by atoms with Crippen molar-refractivity contribution in [3.63, 3.8) is 0 Å². The number of aliphatic carboxylic acids is 1. The molecule has 0 bridgehead atoms. The van der Waals surface area contributed by atoms with Gasteiger partial charge < -0.3 is 44.8 Å². The van der Waals surface area contributed by atoms with E-state index in [1.165, 1.54) is 13.4 Å². The second-order valence-electron chi connectivity index (χ2n) is 10.9. The number of likely N-dealkylation sites (tertiary alicyclic amines) is 1. The Balaban J connectivity index is 1.19. The summed E-state index contributed by atoms with van der Waals surface area (Å²) >= 11 is 5.62. The summed E-state index contributed by atoms with van der Waals surface area (Å²) in [6, 6.07) is 2.15. The van der Waals surface area contributed by atoms with Crippen molar-refractivity contribution in [3.05, 3.63) is 42.2 Å².